The van der Waals surface area contributed by atoms with Gasteiger partial charge in [0.15, 0.2) is 0 Å². The van der Waals surface area contributed by atoms with Crippen molar-refractivity contribution in [3.05, 3.63) is 48.6 Å². The smallest absolute Gasteiger partial charge is 0.306 e. The number of carbonyl (C=O) groups excluding carboxylic acids is 1. The molecule has 0 heterocycles. The van der Waals surface area contributed by atoms with Crippen LogP contribution in [0.4, 0.5) is 0 Å². The Labute approximate surface area is 241 Å². The summed E-state index contributed by atoms with van der Waals surface area (Å²) in [5, 5.41) is 8.76. The minimum atomic E-state index is -0.722. The predicted octanol–water partition coefficient (Wildman–Crippen LogP) is 10.8. The number of allylic oxidation sites excluding steroid dienone is 8. The number of rotatable bonds is 28. The van der Waals surface area contributed by atoms with Gasteiger partial charge in [0, 0.05) is 12.8 Å². The summed E-state index contributed by atoms with van der Waals surface area (Å²) in [6, 6.07) is 0. The van der Waals surface area contributed by atoms with Crippen LogP contribution in [0.5, 0.6) is 0 Å². The third-order valence-corrected chi connectivity index (χ3v) is 6.80. The van der Waals surface area contributed by atoms with E-state index in [1.54, 1.807) is 0 Å². The maximum absolute atomic E-state index is 12.4. The van der Waals surface area contributed by atoms with Gasteiger partial charge in [0.05, 0.1) is 0 Å². The highest BCUT2D eigenvalue weighted by Crippen LogP contribution is 2.17. The maximum Gasteiger partial charge on any atom is 0.306 e. The number of carbonyl (C=O) groups is 2. The number of carboxylic acids is 1. The highest BCUT2D eigenvalue weighted by Gasteiger charge is 2.14. The molecule has 0 aromatic carbocycles. The molecule has 0 amide bonds. The lowest BCUT2D eigenvalue weighted by Crippen LogP contribution is -2.18. The van der Waals surface area contributed by atoms with E-state index in [0.717, 1.165) is 77.0 Å². The van der Waals surface area contributed by atoms with Crippen LogP contribution in [0.15, 0.2) is 48.6 Å². The minimum absolute atomic E-state index is 0.00939. The fraction of sp³-hybridized carbons (Fsp3) is 0.714. The molecule has 0 aromatic heterocycles. The quantitative estimate of drug-likeness (QED) is 0.0604. The van der Waals surface area contributed by atoms with Crippen molar-refractivity contribution < 1.29 is 19.4 Å². The lowest BCUT2D eigenvalue weighted by atomic mass is 10.0. The van der Waals surface area contributed by atoms with Crippen molar-refractivity contribution in [1.29, 1.82) is 0 Å². The Kier molecular flexibility index (Phi) is 28.8. The van der Waals surface area contributed by atoms with Crippen LogP contribution in [0, 0.1) is 0 Å². The number of carboxylic acid groups (broad SMARTS) is 1. The fourth-order valence-electron chi connectivity index (χ4n) is 4.41. The van der Waals surface area contributed by atoms with Gasteiger partial charge in [-0.25, -0.2) is 0 Å². The zero-order valence-electron chi connectivity index (χ0n) is 25.4. The summed E-state index contributed by atoms with van der Waals surface area (Å²) < 4.78 is 5.85. The Morgan fingerprint density at radius 1 is 0.564 bits per heavy atom. The van der Waals surface area contributed by atoms with Gasteiger partial charge < -0.3 is 9.84 Å². The standard InChI is InChI=1S/C35H60O4/c1-3-5-7-9-10-11-12-13-14-15-16-17-18-19-20-22-28-32-35(38)39-33(29-25-21-8-6-4-2)30-26-23-24-27-31-34(36)37/h10-11,13-14,16-17,19-20,33H,3-9,12,15,18,21-32H2,1-2H3,(H,36,37)/b11-10-,14-13-,17-16-,20-19-. The fourth-order valence-corrected chi connectivity index (χ4v) is 4.41. The van der Waals surface area contributed by atoms with Crippen LogP contribution in [-0.2, 0) is 14.3 Å². The highest BCUT2D eigenvalue weighted by atomic mass is 16.5. The highest BCUT2D eigenvalue weighted by molar-refractivity contribution is 5.69. The second-order valence-electron chi connectivity index (χ2n) is 10.6. The van der Waals surface area contributed by atoms with Crippen LogP contribution in [-0.4, -0.2) is 23.1 Å². The summed E-state index contributed by atoms with van der Waals surface area (Å²) in [5.41, 5.74) is 0. The number of hydrogen-bond acceptors (Lipinski definition) is 3. The Hall–Kier alpha value is -2.10. The zero-order chi connectivity index (χ0) is 28.7. The normalized spacial score (nSPS) is 12.9. The van der Waals surface area contributed by atoms with E-state index in [2.05, 4.69) is 62.5 Å². The molecule has 0 radical (unpaired) electrons. The minimum Gasteiger partial charge on any atom is -0.481 e. The van der Waals surface area contributed by atoms with E-state index in [1.165, 1.54) is 51.4 Å². The molecular weight excluding hydrogens is 484 g/mol. The van der Waals surface area contributed by atoms with Gasteiger partial charge in [-0.1, -0.05) is 114 Å². The van der Waals surface area contributed by atoms with Crippen molar-refractivity contribution in [3.8, 4) is 0 Å². The molecule has 0 aliphatic heterocycles. The molecular formula is C35H60O4. The first kappa shape index (κ1) is 36.9. The second kappa shape index (κ2) is 30.4. The van der Waals surface area contributed by atoms with Crippen LogP contribution in [0.2, 0.25) is 0 Å². The van der Waals surface area contributed by atoms with E-state index in [0.29, 0.717) is 6.42 Å². The summed E-state index contributed by atoms with van der Waals surface area (Å²) in [5.74, 6) is -0.796. The van der Waals surface area contributed by atoms with E-state index in [9.17, 15) is 9.59 Å². The van der Waals surface area contributed by atoms with Gasteiger partial charge in [-0.2, -0.15) is 0 Å². The molecule has 1 unspecified atom stereocenters. The number of aliphatic carboxylic acids is 1. The van der Waals surface area contributed by atoms with Crippen LogP contribution in [0.3, 0.4) is 0 Å². The van der Waals surface area contributed by atoms with E-state index < -0.39 is 5.97 Å². The van der Waals surface area contributed by atoms with Crippen molar-refractivity contribution >= 4 is 11.9 Å². The first-order valence-electron chi connectivity index (χ1n) is 16.1. The van der Waals surface area contributed by atoms with E-state index in [4.69, 9.17) is 9.84 Å². The van der Waals surface area contributed by atoms with Crippen molar-refractivity contribution in [2.75, 3.05) is 0 Å². The van der Waals surface area contributed by atoms with Crippen molar-refractivity contribution in [1.82, 2.24) is 0 Å². The first-order valence-corrected chi connectivity index (χ1v) is 16.1. The first-order chi connectivity index (χ1) is 19.1. The lowest BCUT2D eigenvalue weighted by molar-refractivity contribution is -0.150. The molecule has 0 aliphatic carbocycles. The lowest BCUT2D eigenvalue weighted by Gasteiger charge is -2.18. The van der Waals surface area contributed by atoms with E-state index >= 15 is 0 Å². The van der Waals surface area contributed by atoms with Crippen LogP contribution in [0.25, 0.3) is 0 Å². The molecule has 0 aliphatic rings. The Morgan fingerprint density at radius 3 is 1.56 bits per heavy atom. The molecule has 4 nitrogen and oxygen atoms in total. The van der Waals surface area contributed by atoms with E-state index in [-0.39, 0.29) is 18.5 Å². The second-order valence-corrected chi connectivity index (χ2v) is 10.6. The molecule has 0 saturated heterocycles. The van der Waals surface area contributed by atoms with Crippen LogP contribution < -0.4 is 0 Å². The van der Waals surface area contributed by atoms with Crippen molar-refractivity contribution in [2.45, 2.75) is 161 Å². The Balaban J connectivity index is 4.01. The molecule has 1 atom stereocenters. The average molecular weight is 545 g/mol. The maximum atomic E-state index is 12.4. The molecule has 39 heavy (non-hydrogen) atoms. The number of hydrogen-bond donors (Lipinski definition) is 1. The summed E-state index contributed by atoms with van der Waals surface area (Å²) in [6.45, 7) is 4.46. The van der Waals surface area contributed by atoms with Gasteiger partial charge in [0.1, 0.15) is 6.10 Å². The van der Waals surface area contributed by atoms with Crippen molar-refractivity contribution in [2.24, 2.45) is 0 Å². The average Bonchev–Trinajstić information content (AvgIpc) is 2.91. The van der Waals surface area contributed by atoms with Gasteiger partial charge in [-0.3, -0.25) is 9.59 Å². The van der Waals surface area contributed by atoms with Gasteiger partial charge >= 0.3 is 11.9 Å². The topological polar surface area (TPSA) is 63.6 Å². The molecule has 4 heteroatoms. The molecule has 1 N–H and O–H groups in total. The van der Waals surface area contributed by atoms with Gasteiger partial charge in [0.25, 0.3) is 0 Å². The predicted molar refractivity (Wildman–Crippen MR) is 167 cm³/mol. The molecule has 0 rings (SSSR count). The molecule has 0 saturated carbocycles. The number of esters is 1. The third-order valence-electron chi connectivity index (χ3n) is 6.80. The molecule has 0 bridgehead atoms. The van der Waals surface area contributed by atoms with Gasteiger partial charge in [0.2, 0.25) is 0 Å². The molecule has 0 fully saturated rings. The van der Waals surface area contributed by atoms with Gasteiger partial charge in [-0.15, -0.1) is 0 Å². The van der Waals surface area contributed by atoms with Crippen LogP contribution in [0.1, 0.15) is 155 Å². The van der Waals surface area contributed by atoms with E-state index in [1.807, 2.05) is 0 Å². The Morgan fingerprint density at radius 2 is 1.03 bits per heavy atom. The SMILES string of the molecule is CCCCC/C=C\C/C=C\C/C=C\C/C=C\CCCC(=O)OC(CCCCCCC)CCCCCCC(=O)O. The zero-order valence-corrected chi connectivity index (χ0v) is 25.4. The molecule has 0 aromatic rings. The molecule has 224 valence electrons. The van der Waals surface area contributed by atoms with Crippen molar-refractivity contribution in [3.63, 3.8) is 0 Å². The summed E-state index contributed by atoms with van der Waals surface area (Å²) >= 11 is 0. The summed E-state index contributed by atoms with van der Waals surface area (Å²) in [4.78, 5) is 23.1. The van der Waals surface area contributed by atoms with Gasteiger partial charge in [-0.05, 0) is 77.0 Å². The number of ether oxygens (including phenoxy) is 1. The molecule has 0 spiro atoms. The third kappa shape index (κ3) is 30.3. The number of unbranched alkanes of at least 4 members (excludes halogenated alkanes) is 11. The summed E-state index contributed by atoms with van der Waals surface area (Å²) in [6.07, 6.45) is 39.8. The Bertz CT molecular complexity index is 674. The largest absolute Gasteiger partial charge is 0.481 e. The van der Waals surface area contributed by atoms with Crippen LogP contribution >= 0.6 is 0 Å². The summed E-state index contributed by atoms with van der Waals surface area (Å²) in [7, 11) is 0. The monoisotopic (exact) mass is 544 g/mol.